The average molecular weight is 299 g/mol. The van der Waals surface area contributed by atoms with Gasteiger partial charge in [-0.2, -0.15) is 5.10 Å². The highest BCUT2D eigenvalue weighted by Gasteiger charge is 2.24. The summed E-state index contributed by atoms with van der Waals surface area (Å²) >= 11 is 0. The zero-order chi connectivity index (χ0) is 16.2. The summed E-state index contributed by atoms with van der Waals surface area (Å²) in [6.45, 7) is 3.78. The van der Waals surface area contributed by atoms with Crippen LogP contribution in [0.15, 0.2) is 42.7 Å². The van der Waals surface area contributed by atoms with E-state index in [-0.39, 0.29) is 12.5 Å². The van der Waals surface area contributed by atoms with Crippen molar-refractivity contribution in [3.05, 3.63) is 59.4 Å². The zero-order valence-corrected chi connectivity index (χ0v) is 13.1. The number of carbonyl (C=O) groups is 1. The Hall–Kier alpha value is -2.40. The Balaban J connectivity index is 1.91. The molecule has 5 nitrogen and oxygen atoms in total. The minimum atomic E-state index is -1.15. The predicted molar refractivity (Wildman–Crippen MR) is 86.0 cm³/mol. The summed E-state index contributed by atoms with van der Waals surface area (Å²) < 4.78 is 1.61. The topological polar surface area (TPSA) is 67.2 Å². The number of nitrogens with zero attached hydrogens (tertiary/aromatic N) is 2. The summed E-state index contributed by atoms with van der Waals surface area (Å²) in [5.41, 5.74) is 1.65. The van der Waals surface area contributed by atoms with Gasteiger partial charge in [0.25, 0.3) is 0 Å². The first kappa shape index (κ1) is 16.0. The molecule has 1 atom stereocenters. The first-order valence-corrected chi connectivity index (χ1v) is 7.11. The number of aryl methyl sites for hydroxylation is 2. The lowest BCUT2D eigenvalue weighted by Crippen LogP contribution is -2.37. The van der Waals surface area contributed by atoms with E-state index < -0.39 is 5.60 Å². The summed E-state index contributed by atoms with van der Waals surface area (Å²) in [7, 11) is 1.78. The number of aromatic nitrogens is 2. The van der Waals surface area contributed by atoms with Crippen LogP contribution in [0.4, 0.5) is 0 Å². The van der Waals surface area contributed by atoms with Crippen molar-refractivity contribution in [2.75, 3.05) is 6.54 Å². The number of hydrogen-bond acceptors (Lipinski definition) is 3. The van der Waals surface area contributed by atoms with Crippen molar-refractivity contribution in [3.8, 4) is 0 Å². The molecular weight excluding hydrogens is 278 g/mol. The van der Waals surface area contributed by atoms with Gasteiger partial charge in [-0.15, -0.1) is 0 Å². The molecule has 0 saturated carbocycles. The van der Waals surface area contributed by atoms with Crippen LogP contribution in [-0.2, 0) is 17.4 Å². The van der Waals surface area contributed by atoms with E-state index in [4.69, 9.17) is 0 Å². The smallest absolute Gasteiger partial charge is 0.244 e. The summed E-state index contributed by atoms with van der Waals surface area (Å²) in [6.07, 6.45) is 6.53. The van der Waals surface area contributed by atoms with Crippen LogP contribution >= 0.6 is 0 Å². The van der Waals surface area contributed by atoms with Crippen molar-refractivity contribution in [1.29, 1.82) is 0 Å². The van der Waals surface area contributed by atoms with E-state index in [2.05, 4.69) is 10.4 Å². The lowest BCUT2D eigenvalue weighted by Gasteiger charge is -2.21. The molecule has 2 rings (SSSR count). The van der Waals surface area contributed by atoms with Crippen molar-refractivity contribution in [3.63, 3.8) is 0 Å². The molecule has 0 bridgehead atoms. The van der Waals surface area contributed by atoms with E-state index in [1.165, 1.54) is 11.6 Å². The molecule has 1 aromatic heterocycles. The molecular formula is C17H21N3O2. The Morgan fingerprint density at radius 2 is 2.09 bits per heavy atom. The van der Waals surface area contributed by atoms with Crippen LogP contribution in [0.3, 0.4) is 0 Å². The monoisotopic (exact) mass is 299 g/mol. The van der Waals surface area contributed by atoms with Gasteiger partial charge in [-0.05, 0) is 25.5 Å². The van der Waals surface area contributed by atoms with E-state index in [9.17, 15) is 9.90 Å². The van der Waals surface area contributed by atoms with E-state index >= 15 is 0 Å². The van der Waals surface area contributed by atoms with Gasteiger partial charge in [-0.25, -0.2) is 0 Å². The van der Waals surface area contributed by atoms with Crippen molar-refractivity contribution in [2.45, 2.75) is 19.4 Å². The van der Waals surface area contributed by atoms with Crippen LogP contribution < -0.4 is 5.32 Å². The average Bonchev–Trinajstić information content (AvgIpc) is 2.92. The van der Waals surface area contributed by atoms with Gasteiger partial charge < -0.3 is 10.4 Å². The van der Waals surface area contributed by atoms with Gasteiger partial charge in [0.2, 0.25) is 5.91 Å². The maximum absolute atomic E-state index is 11.8. The number of aliphatic hydroxyl groups is 1. The van der Waals surface area contributed by atoms with E-state index in [0.717, 1.165) is 5.56 Å². The Kier molecular flexibility index (Phi) is 4.78. The Morgan fingerprint density at radius 1 is 1.41 bits per heavy atom. The van der Waals surface area contributed by atoms with E-state index in [1.807, 2.05) is 31.2 Å². The maximum atomic E-state index is 11.8. The van der Waals surface area contributed by atoms with Gasteiger partial charge >= 0.3 is 0 Å². The quantitative estimate of drug-likeness (QED) is 0.827. The molecule has 1 aromatic carbocycles. The minimum absolute atomic E-state index is 0.121. The van der Waals surface area contributed by atoms with Gasteiger partial charge in [-0.3, -0.25) is 9.48 Å². The number of rotatable bonds is 5. The van der Waals surface area contributed by atoms with Crippen LogP contribution in [0.1, 0.15) is 23.6 Å². The van der Waals surface area contributed by atoms with Crippen molar-refractivity contribution in [1.82, 2.24) is 15.1 Å². The Bertz CT molecular complexity index is 669. The molecule has 2 N–H and O–H groups in total. The first-order chi connectivity index (χ1) is 10.4. The second-order valence-corrected chi connectivity index (χ2v) is 5.64. The third-order valence-electron chi connectivity index (χ3n) is 3.44. The zero-order valence-electron chi connectivity index (χ0n) is 13.1. The lowest BCUT2D eigenvalue weighted by atomic mass is 10.00. The molecule has 1 heterocycles. The molecule has 1 unspecified atom stereocenters. The summed E-state index contributed by atoms with van der Waals surface area (Å²) in [4.78, 5) is 11.8. The second kappa shape index (κ2) is 6.58. The fraction of sp³-hybridized carbons (Fsp3) is 0.294. The second-order valence-electron chi connectivity index (χ2n) is 5.64. The van der Waals surface area contributed by atoms with Crippen LogP contribution in [-0.4, -0.2) is 27.3 Å². The van der Waals surface area contributed by atoms with Crippen LogP contribution in [0.25, 0.3) is 6.08 Å². The van der Waals surface area contributed by atoms with Crippen molar-refractivity contribution < 1.29 is 9.90 Å². The Labute approximate surface area is 130 Å². The molecule has 2 aromatic rings. The van der Waals surface area contributed by atoms with Crippen LogP contribution in [0.2, 0.25) is 0 Å². The highest BCUT2D eigenvalue weighted by atomic mass is 16.3. The fourth-order valence-corrected chi connectivity index (χ4v) is 1.97. The van der Waals surface area contributed by atoms with Gasteiger partial charge in [0.05, 0.1) is 12.7 Å². The lowest BCUT2D eigenvalue weighted by molar-refractivity contribution is -0.117. The Morgan fingerprint density at radius 3 is 2.68 bits per heavy atom. The van der Waals surface area contributed by atoms with Gasteiger partial charge in [0.15, 0.2) is 0 Å². The largest absolute Gasteiger partial charge is 0.383 e. The molecule has 22 heavy (non-hydrogen) atoms. The van der Waals surface area contributed by atoms with Gasteiger partial charge in [0.1, 0.15) is 5.60 Å². The molecule has 0 aliphatic rings. The highest BCUT2D eigenvalue weighted by molar-refractivity contribution is 5.91. The number of benzene rings is 1. The number of hydrogen-bond donors (Lipinski definition) is 2. The first-order valence-electron chi connectivity index (χ1n) is 7.11. The summed E-state index contributed by atoms with van der Waals surface area (Å²) in [5, 5.41) is 17.1. The number of amides is 1. The summed E-state index contributed by atoms with van der Waals surface area (Å²) in [6, 6.07) is 7.88. The van der Waals surface area contributed by atoms with Gasteiger partial charge in [-0.1, -0.05) is 29.8 Å². The van der Waals surface area contributed by atoms with E-state index in [1.54, 1.807) is 37.1 Å². The van der Waals surface area contributed by atoms with Crippen molar-refractivity contribution in [2.24, 2.45) is 7.05 Å². The maximum Gasteiger partial charge on any atom is 0.244 e. The molecule has 0 spiro atoms. The normalized spacial score (nSPS) is 14.0. The molecule has 0 saturated heterocycles. The molecule has 1 amide bonds. The third-order valence-corrected chi connectivity index (χ3v) is 3.44. The molecule has 0 radical (unpaired) electrons. The molecule has 0 aliphatic carbocycles. The fourth-order valence-electron chi connectivity index (χ4n) is 1.97. The highest BCUT2D eigenvalue weighted by Crippen LogP contribution is 2.18. The summed E-state index contributed by atoms with van der Waals surface area (Å²) in [5.74, 6) is -0.246. The minimum Gasteiger partial charge on any atom is -0.383 e. The number of nitrogens with one attached hydrogen (secondary N) is 1. The van der Waals surface area contributed by atoms with Crippen LogP contribution in [0, 0.1) is 6.92 Å². The molecule has 116 valence electrons. The predicted octanol–water partition coefficient (Wildman–Crippen LogP) is 1.77. The van der Waals surface area contributed by atoms with E-state index in [0.29, 0.717) is 5.56 Å². The van der Waals surface area contributed by atoms with Gasteiger partial charge in [0, 0.05) is 24.9 Å². The van der Waals surface area contributed by atoms with Crippen molar-refractivity contribution >= 4 is 12.0 Å². The molecule has 0 fully saturated rings. The standard InChI is InChI=1S/C17H21N3O2/c1-13-4-6-14(7-5-13)8-9-16(21)18-12-17(2,22)15-10-19-20(3)11-15/h4-11,22H,12H2,1-3H3,(H,18,21). The molecule has 5 heteroatoms. The SMILES string of the molecule is Cc1ccc(C=CC(=O)NCC(C)(O)c2cnn(C)c2)cc1. The third kappa shape index (κ3) is 4.30. The molecule has 0 aliphatic heterocycles. The van der Waals surface area contributed by atoms with Crippen LogP contribution in [0.5, 0.6) is 0 Å². The number of carbonyl (C=O) groups excluding carboxylic acids is 1.